The minimum absolute atomic E-state index is 0.00277. The van der Waals surface area contributed by atoms with Gasteiger partial charge in [0.15, 0.2) is 5.78 Å². The second-order valence-electron chi connectivity index (χ2n) is 9.56. The lowest BCUT2D eigenvalue weighted by Crippen LogP contribution is -2.78. The average molecular weight is 468 g/mol. The summed E-state index contributed by atoms with van der Waals surface area (Å²) in [6, 6.07) is -0.394. The molecule has 6 N–H and O–H groups in total. The molecule has 0 saturated carbocycles. The highest BCUT2D eigenvalue weighted by molar-refractivity contribution is 5.88. The molecular weight excluding hydrogens is 412 g/mol. The highest BCUT2D eigenvalue weighted by Gasteiger charge is 2.19. The van der Waals surface area contributed by atoms with Crippen LogP contribution in [0.3, 0.4) is 0 Å². The van der Waals surface area contributed by atoms with Crippen molar-refractivity contribution in [1.29, 1.82) is 0 Å². The van der Waals surface area contributed by atoms with Crippen LogP contribution in [0.4, 0.5) is 0 Å². The van der Waals surface area contributed by atoms with Crippen LogP contribution in [-0.2, 0) is 9.59 Å². The topological polar surface area (TPSA) is 112 Å². The molecule has 0 aromatic rings. The molecule has 1 atom stereocenters. The molecule has 0 aromatic heterocycles. The van der Waals surface area contributed by atoms with Crippen molar-refractivity contribution in [3.05, 3.63) is 0 Å². The summed E-state index contributed by atoms with van der Waals surface area (Å²) < 4.78 is 0. The van der Waals surface area contributed by atoms with Crippen LogP contribution < -0.4 is 21.8 Å². The van der Waals surface area contributed by atoms with Crippen LogP contribution in [0.5, 0.6) is 0 Å². The maximum Gasteiger partial charge on any atom is 0.338 e. The van der Waals surface area contributed by atoms with Crippen molar-refractivity contribution in [2.24, 2.45) is 11.5 Å². The van der Waals surface area contributed by atoms with Gasteiger partial charge < -0.3 is 5.32 Å². The van der Waals surface area contributed by atoms with Gasteiger partial charge in [-0.2, -0.15) is 0 Å². The van der Waals surface area contributed by atoms with E-state index in [1.807, 2.05) is 6.92 Å². The lowest BCUT2D eigenvalue weighted by atomic mass is 10.0. The van der Waals surface area contributed by atoms with Crippen LogP contribution in [0, 0.1) is 0 Å². The third-order valence-corrected chi connectivity index (χ3v) is 6.23. The number of nitrogens with two attached hydrogens (primary N) is 2. The number of amides is 1. The van der Waals surface area contributed by atoms with Gasteiger partial charge in [0.2, 0.25) is 5.91 Å². The predicted molar refractivity (Wildman–Crippen MR) is 140 cm³/mol. The van der Waals surface area contributed by atoms with Gasteiger partial charge in [-0.15, -0.1) is 0 Å². The molecule has 0 aliphatic heterocycles. The summed E-state index contributed by atoms with van der Waals surface area (Å²) in [5, 5.41) is 2.95. The zero-order chi connectivity index (χ0) is 24.6. The molecule has 0 aliphatic rings. The molecule has 0 bridgehead atoms. The van der Waals surface area contributed by atoms with Crippen molar-refractivity contribution in [3.8, 4) is 0 Å². The Morgan fingerprint density at radius 1 is 0.667 bits per heavy atom. The average Bonchev–Trinajstić information content (AvgIpc) is 2.78. The highest BCUT2D eigenvalue weighted by Crippen LogP contribution is 2.14. The van der Waals surface area contributed by atoms with E-state index < -0.39 is 6.04 Å². The Labute approximate surface area is 204 Å². The smallest absolute Gasteiger partial charge is 0.338 e. The van der Waals surface area contributed by atoms with Gasteiger partial charge in [-0.05, 0) is 25.7 Å². The summed E-state index contributed by atoms with van der Waals surface area (Å²) in [7, 11) is 0. The van der Waals surface area contributed by atoms with Crippen molar-refractivity contribution >= 4 is 17.6 Å². The predicted octanol–water partition coefficient (Wildman–Crippen LogP) is 4.24. The fourth-order valence-electron chi connectivity index (χ4n) is 4.20. The van der Waals surface area contributed by atoms with Gasteiger partial charge >= 0.3 is 5.96 Å². The SMILES string of the molecule is CCCCCCCCCCCCCCCCCC(=O)NC(CCC[NH+]=C(N)N)C(=O)CCC. The lowest BCUT2D eigenvalue weighted by molar-refractivity contribution is -0.459. The molecule has 6 heteroatoms. The standard InChI is InChI=1S/C27H54N4O2/c1-3-5-6-7-8-9-10-11-12-13-14-15-16-17-18-22-26(33)31-24(25(32)20-4-2)21-19-23-30-27(28)29/h24H,3-23H2,1-2H3,(H,31,33)(H4,28,29,30)/p+1. The van der Waals surface area contributed by atoms with Crippen LogP contribution >= 0.6 is 0 Å². The van der Waals surface area contributed by atoms with Crippen molar-refractivity contribution in [1.82, 2.24) is 5.32 Å². The third-order valence-electron chi connectivity index (χ3n) is 6.23. The first-order valence-corrected chi connectivity index (χ1v) is 13.9. The molecule has 0 aromatic carbocycles. The molecule has 33 heavy (non-hydrogen) atoms. The molecule has 0 heterocycles. The van der Waals surface area contributed by atoms with E-state index in [4.69, 9.17) is 11.5 Å². The molecule has 0 saturated heterocycles. The Kier molecular flexibility index (Phi) is 22.4. The maximum atomic E-state index is 12.3. The van der Waals surface area contributed by atoms with Gasteiger partial charge in [0, 0.05) is 12.8 Å². The number of rotatable bonds is 24. The van der Waals surface area contributed by atoms with Crippen molar-refractivity contribution in [2.75, 3.05) is 6.54 Å². The van der Waals surface area contributed by atoms with Crippen LogP contribution in [0.15, 0.2) is 0 Å². The highest BCUT2D eigenvalue weighted by atomic mass is 16.2. The summed E-state index contributed by atoms with van der Waals surface area (Å²) in [5.74, 6) is 0.299. The Morgan fingerprint density at radius 2 is 1.15 bits per heavy atom. The Balaban J connectivity index is 3.72. The fraction of sp³-hybridized carbons (Fsp3) is 0.889. The van der Waals surface area contributed by atoms with E-state index in [1.54, 1.807) is 0 Å². The first kappa shape index (κ1) is 31.4. The van der Waals surface area contributed by atoms with Gasteiger partial charge in [0.05, 0.1) is 12.6 Å². The van der Waals surface area contributed by atoms with E-state index in [2.05, 4.69) is 17.2 Å². The lowest BCUT2D eigenvalue weighted by Gasteiger charge is -2.17. The van der Waals surface area contributed by atoms with Gasteiger partial charge in [0.1, 0.15) is 0 Å². The summed E-state index contributed by atoms with van der Waals surface area (Å²) in [5.41, 5.74) is 10.8. The maximum absolute atomic E-state index is 12.3. The largest absolute Gasteiger partial charge is 0.346 e. The van der Waals surface area contributed by atoms with E-state index in [0.717, 1.165) is 25.7 Å². The minimum atomic E-state index is -0.394. The zero-order valence-electron chi connectivity index (χ0n) is 21.9. The van der Waals surface area contributed by atoms with Crippen molar-refractivity contribution in [2.45, 2.75) is 148 Å². The van der Waals surface area contributed by atoms with Crippen molar-refractivity contribution in [3.63, 3.8) is 0 Å². The molecule has 1 amide bonds. The Hall–Kier alpha value is -1.59. The van der Waals surface area contributed by atoms with E-state index in [9.17, 15) is 9.59 Å². The summed E-state index contributed by atoms with van der Waals surface area (Å²) in [4.78, 5) is 27.5. The Morgan fingerprint density at radius 3 is 1.61 bits per heavy atom. The van der Waals surface area contributed by atoms with E-state index in [0.29, 0.717) is 25.8 Å². The monoisotopic (exact) mass is 467 g/mol. The first-order chi connectivity index (χ1) is 16.0. The fourth-order valence-corrected chi connectivity index (χ4v) is 4.20. The number of hydrogen-bond donors (Lipinski definition) is 4. The summed E-state index contributed by atoms with van der Waals surface area (Å²) in [6.07, 6.45) is 22.8. The molecule has 1 unspecified atom stereocenters. The summed E-state index contributed by atoms with van der Waals surface area (Å²) in [6.45, 7) is 4.86. The molecule has 0 radical (unpaired) electrons. The van der Waals surface area contributed by atoms with Crippen LogP contribution in [0.25, 0.3) is 0 Å². The van der Waals surface area contributed by atoms with E-state index in [-0.39, 0.29) is 17.6 Å². The van der Waals surface area contributed by atoms with Crippen LogP contribution in [0.2, 0.25) is 0 Å². The molecule has 0 spiro atoms. The summed E-state index contributed by atoms with van der Waals surface area (Å²) >= 11 is 0. The third kappa shape index (κ3) is 22.0. The Bertz CT molecular complexity index is 504. The molecule has 6 nitrogen and oxygen atoms in total. The number of unbranched alkanes of at least 4 members (excludes halogenated alkanes) is 14. The number of carbonyl (C=O) groups is 2. The number of guanidine groups is 1. The molecule has 0 aliphatic carbocycles. The molecule has 0 fully saturated rings. The normalized spacial score (nSPS) is 11.8. The zero-order valence-corrected chi connectivity index (χ0v) is 21.9. The second kappa shape index (κ2) is 23.6. The molecule has 0 rings (SSSR count). The number of nitrogens with one attached hydrogen (secondary N) is 2. The van der Waals surface area contributed by atoms with E-state index >= 15 is 0 Å². The number of carbonyl (C=O) groups excluding carboxylic acids is 2. The quantitative estimate of drug-likeness (QED) is 0.0966. The number of Topliss-reactive ketones (excluding diaryl/α,β-unsaturated/α-hetero) is 1. The van der Waals surface area contributed by atoms with Crippen LogP contribution in [0.1, 0.15) is 142 Å². The van der Waals surface area contributed by atoms with Gasteiger partial charge in [0.25, 0.3) is 0 Å². The van der Waals surface area contributed by atoms with Crippen molar-refractivity contribution < 1.29 is 14.6 Å². The van der Waals surface area contributed by atoms with Gasteiger partial charge in [-0.1, -0.05) is 104 Å². The molecule has 194 valence electrons. The number of ketones is 1. The first-order valence-electron chi connectivity index (χ1n) is 13.9. The van der Waals surface area contributed by atoms with Crippen LogP contribution in [-0.4, -0.2) is 30.2 Å². The van der Waals surface area contributed by atoms with Gasteiger partial charge in [-0.25, -0.2) is 0 Å². The van der Waals surface area contributed by atoms with Gasteiger partial charge in [-0.3, -0.25) is 26.0 Å². The second-order valence-corrected chi connectivity index (χ2v) is 9.56. The van der Waals surface area contributed by atoms with E-state index in [1.165, 1.54) is 83.5 Å². The number of hydrogen-bond acceptors (Lipinski definition) is 2. The minimum Gasteiger partial charge on any atom is -0.346 e. The molecular formula is C27H55N4O2+.